The van der Waals surface area contributed by atoms with Crippen LogP contribution < -0.4 is 27.4 Å². The molecule has 1 amide bonds. The van der Waals surface area contributed by atoms with Gasteiger partial charge in [0.1, 0.15) is 30.3 Å². The summed E-state index contributed by atoms with van der Waals surface area (Å²) in [6.45, 7) is 4.69. The van der Waals surface area contributed by atoms with E-state index in [1.54, 1.807) is 10.9 Å². The van der Waals surface area contributed by atoms with Crippen molar-refractivity contribution in [3.63, 3.8) is 0 Å². The number of ether oxygens (including phenoxy) is 2. The Kier molecular flexibility index (Phi) is 10.7. The van der Waals surface area contributed by atoms with Gasteiger partial charge < -0.3 is 42.0 Å². The Morgan fingerprint density at radius 1 is 1.12 bits per heavy atom. The van der Waals surface area contributed by atoms with E-state index in [1.807, 2.05) is 0 Å². The van der Waals surface area contributed by atoms with Crippen LogP contribution in [-0.4, -0.2) is 88.8 Å². The second-order valence-corrected chi connectivity index (χ2v) is 8.20. The van der Waals surface area contributed by atoms with E-state index in [4.69, 9.17) is 20.9 Å². The van der Waals surface area contributed by atoms with Crippen molar-refractivity contribution >= 4 is 23.1 Å². The van der Waals surface area contributed by atoms with E-state index in [2.05, 4.69) is 30.9 Å². The van der Waals surface area contributed by atoms with Crippen LogP contribution in [0.2, 0.25) is 0 Å². The van der Waals surface area contributed by atoms with Crippen molar-refractivity contribution in [2.24, 2.45) is 5.73 Å². The van der Waals surface area contributed by atoms with Gasteiger partial charge in [-0.1, -0.05) is 0 Å². The van der Waals surface area contributed by atoms with Gasteiger partial charge in [-0.2, -0.15) is 0 Å². The number of aliphatic hydroxyl groups excluding tert-OH is 1. The number of aromatic nitrogens is 4. The number of aliphatic hydroxyl groups is 1. The summed E-state index contributed by atoms with van der Waals surface area (Å²) < 4.78 is 13.1. The second kappa shape index (κ2) is 14.0. The van der Waals surface area contributed by atoms with E-state index in [1.165, 1.54) is 6.33 Å². The number of hydrogen-bond donors (Lipinski definition) is 6. The van der Waals surface area contributed by atoms with E-state index < -0.39 is 24.5 Å². The first-order valence-electron chi connectivity index (χ1n) is 11.9. The van der Waals surface area contributed by atoms with Crippen LogP contribution in [0.5, 0.6) is 0 Å². The number of nitrogens with two attached hydrogens (primary N) is 2. The third-order valence-electron chi connectivity index (χ3n) is 5.63. The molecule has 13 heteroatoms. The summed E-state index contributed by atoms with van der Waals surface area (Å²) in [5.74, 6) is 0.275. The molecular weight excluding hydrogens is 442 g/mol. The lowest BCUT2D eigenvalue weighted by Crippen LogP contribution is -2.35. The first kappa shape index (κ1) is 26.0. The molecule has 2 aromatic rings. The van der Waals surface area contributed by atoms with E-state index >= 15 is 0 Å². The quantitative estimate of drug-likeness (QED) is 0.180. The second-order valence-electron chi connectivity index (χ2n) is 8.20. The van der Waals surface area contributed by atoms with Gasteiger partial charge in [0.25, 0.3) is 0 Å². The van der Waals surface area contributed by atoms with Crippen LogP contribution in [-0.2, 0) is 9.47 Å². The number of nitrogens with zero attached hydrogens (tertiary/aromatic N) is 4. The molecule has 3 heterocycles. The van der Waals surface area contributed by atoms with Gasteiger partial charge in [0.15, 0.2) is 11.5 Å². The van der Waals surface area contributed by atoms with Gasteiger partial charge in [0.05, 0.1) is 12.9 Å². The average molecular weight is 480 g/mol. The van der Waals surface area contributed by atoms with Crippen LogP contribution >= 0.6 is 0 Å². The number of alkyl carbamates (subject to hydrolysis) is 1. The molecule has 0 aromatic carbocycles. The van der Waals surface area contributed by atoms with Crippen molar-refractivity contribution in [2.75, 3.05) is 51.6 Å². The Balaban J connectivity index is 1.31. The lowest BCUT2D eigenvalue weighted by atomic mass is 10.2. The van der Waals surface area contributed by atoms with Gasteiger partial charge >= 0.3 is 6.09 Å². The average Bonchev–Trinajstić information content (AvgIpc) is 3.44. The van der Waals surface area contributed by atoms with Crippen LogP contribution in [0.1, 0.15) is 38.3 Å². The highest BCUT2D eigenvalue weighted by atomic mass is 16.6. The number of carbonyl (C=O) groups excluding carboxylic acids is 1. The number of carbonyl (C=O) groups is 1. The number of nitrogens with one attached hydrogen (secondary N) is 3. The van der Waals surface area contributed by atoms with Gasteiger partial charge in [-0.25, -0.2) is 19.7 Å². The van der Waals surface area contributed by atoms with Crippen molar-refractivity contribution in [2.45, 2.75) is 50.5 Å². The minimum Gasteiger partial charge on any atom is -0.443 e. The summed E-state index contributed by atoms with van der Waals surface area (Å²) in [6.07, 6.45) is 5.03. The predicted octanol–water partition coefficient (Wildman–Crippen LogP) is -0.519. The molecule has 0 aliphatic carbocycles. The van der Waals surface area contributed by atoms with Gasteiger partial charge in [0, 0.05) is 13.0 Å². The molecule has 1 aliphatic rings. The zero-order valence-corrected chi connectivity index (χ0v) is 19.5. The fraction of sp³-hybridized carbons (Fsp3) is 0.714. The Bertz CT molecular complexity index is 881. The van der Waals surface area contributed by atoms with E-state index in [0.29, 0.717) is 24.1 Å². The minimum atomic E-state index is -0.640. The SMILES string of the molecule is NCCCNCCCCNCCCNC(=O)OC1CC(n2cnc3c(N)ncnc32)OC1CO. The topological polar surface area (TPSA) is 187 Å². The highest BCUT2D eigenvalue weighted by Gasteiger charge is 2.39. The largest absolute Gasteiger partial charge is 0.443 e. The van der Waals surface area contributed by atoms with Gasteiger partial charge in [-0.3, -0.25) is 4.57 Å². The predicted molar refractivity (Wildman–Crippen MR) is 127 cm³/mol. The zero-order valence-electron chi connectivity index (χ0n) is 19.5. The van der Waals surface area contributed by atoms with Crippen LogP contribution in [0.25, 0.3) is 11.2 Å². The normalized spacial score (nSPS) is 20.1. The van der Waals surface area contributed by atoms with Crippen molar-refractivity contribution in [3.05, 3.63) is 12.7 Å². The van der Waals surface area contributed by atoms with Crippen LogP contribution in [0.3, 0.4) is 0 Å². The molecule has 3 unspecified atom stereocenters. The number of unbranched alkanes of at least 4 members (excludes halogenated alkanes) is 1. The smallest absolute Gasteiger partial charge is 0.407 e. The zero-order chi connectivity index (χ0) is 24.2. The molecule has 1 saturated heterocycles. The summed E-state index contributed by atoms with van der Waals surface area (Å²) in [5, 5.41) is 19.2. The molecule has 13 nitrogen and oxygen atoms in total. The maximum absolute atomic E-state index is 12.2. The Hall–Kier alpha value is -2.58. The molecule has 0 saturated carbocycles. The molecule has 8 N–H and O–H groups in total. The number of hydrogen-bond acceptors (Lipinski definition) is 11. The number of nitrogen functional groups attached to an aromatic ring is 1. The molecule has 1 aliphatic heterocycles. The molecule has 1 fully saturated rings. The number of rotatable bonds is 15. The number of imidazole rings is 1. The summed E-state index contributed by atoms with van der Waals surface area (Å²) in [5.41, 5.74) is 12.3. The fourth-order valence-electron chi connectivity index (χ4n) is 3.80. The molecule has 2 aromatic heterocycles. The van der Waals surface area contributed by atoms with Crippen LogP contribution in [0.4, 0.5) is 10.6 Å². The van der Waals surface area contributed by atoms with Crippen molar-refractivity contribution in [1.29, 1.82) is 0 Å². The third kappa shape index (κ3) is 7.46. The standard InChI is InChI=1S/C21H37N9O4/c22-5-3-8-24-6-1-2-7-25-9-4-10-26-21(32)34-15-11-17(33-16(15)12-31)30-14-29-18-19(23)27-13-28-20(18)30/h13-17,24-25,31H,1-12,22H2,(H,26,32)(H2,23,27,28). The Morgan fingerprint density at radius 2 is 1.85 bits per heavy atom. The molecular formula is C21H37N9O4. The first-order valence-corrected chi connectivity index (χ1v) is 11.9. The molecule has 0 bridgehead atoms. The molecule has 0 spiro atoms. The monoisotopic (exact) mass is 479 g/mol. The summed E-state index contributed by atoms with van der Waals surface area (Å²) >= 11 is 0. The van der Waals surface area contributed by atoms with Crippen molar-refractivity contribution in [1.82, 2.24) is 35.5 Å². The Labute approximate surface area is 199 Å². The maximum Gasteiger partial charge on any atom is 0.407 e. The third-order valence-corrected chi connectivity index (χ3v) is 5.63. The number of amides is 1. The number of anilines is 1. The van der Waals surface area contributed by atoms with E-state index in [0.717, 1.165) is 58.4 Å². The molecule has 3 atom stereocenters. The summed E-state index contributed by atoms with van der Waals surface area (Å²) in [6, 6.07) is 0. The first-order chi connectivity index (χ1) is 16.6. The van der Waals surface area contributed by atoms with Gasteiger partial charge in [0.2, 0.25) is 0 Å². The van der Waals surface area contributed by atoms with Gasteiger partial charge in [-0.05, 0) is 58.4 Å². The minimum absolute atomic E-state index is 0.273. The van der Waals surface area contributed by atoms with E-state index in [9.17, 15) is 9.90 Å². The highest BCUT2D eigenvalue weighted by Crippen LogP contribution is 2.32. The molecule has 34 heavy (non-hydrogen) atoms. The van der Waals surface area contributed by atoms with Crippen LogP contribution in [0, 0.1) is 0 Å². The molecule has 190 valence electrons. The molecule has 3 rings (SSSR count). The van der Waals surface area contributed by atoms with Crippen molar-refractivity contribution < 1.29 is 19.4 Å². The highest BCUT2D eigenvalue weighted by molar-refractivity contribution is 5.81. The Morgan fingerprint density at radius 3 is 2.59 bits per heavy atom. The lowest BCUT2D eigenvalue weighted by Gasteiger charge is -2.17. The van der Waals surface area contributed by atoms with Gasteiger partial charge in [-0.15, -0.1) is 0 Å². The van der Waals surface area contributed by atoms with E-state index in [-0.39, 0.29) is 12.4 Å². The molecule has 0 radical (unpaired) electrons. The summed E-state index contributed by atoms with van der Waals surface area (Å²) in [4.78, 5) is 24.6. The summed E-state index contributed by atoms with van der Waals surface area (Å²) in [7, 11) is 0. The fourth-order valence-corrected chi connectivity index (χ4v) is 3.80. The number of fused-ring (bicyclic) bond motifs is 1. The van der Waals surface area contributed by atoms with Crippen molar-refractivity contribution in [3.8, 4) is 0 Å². The maximum atomic E-state index is 12.2. The van der Waals surface area contributed by atoms with Crippen LogP contribution in [0.15, 0.2) is 12.7 Å². The lowest BCUT2D eigenvalue weighted by molar-refractivity contribution is -0.0459.